The van der Waals surface area contributed by atoms with Crippen molar-refractivity contribution >= 4 is 16.9 Å². The smallest absolute Gasteiger partial charge is 0.337 e. The minimum Gasteiger partial charge on any atom is -0.478 e. The quantitative estimate of drug-likeness (QED) is 0.451. The molecule has 0 spiro atoms. The molecule has 0 aliphatic rings. The molecule has 0 radical (unpaired) electrons. The minimum atomic E-state index is -2.04. The van der Waals surface area contributed by atoms with Gasteiger partial charge in [-0.25, -0.2) is 22.4 Å². The van der Waals surface area contributed by atoms with E-state index in [2.05, 4.69) is 0 Å². The first-order valence-electron chi connectivity index (χ1n) is 4.01. The van der Waals surface area contributed by atoms with Crippen molar-refractivity contribution in [2.24, 2.45) is 0 Å². The lowest BCUT2D eigenvalue weighted by molar-refractivity contribution is 0.0698. The number of fused-ring (bicyclic) bond motifs is 1. The Morgan fingerprint density at radius 2 is 1.62 bits per heavy atom. The summed E-state index contributed by atoms with van der Waals surface area (Å²) in [5.74, 6) is -8.97. The van der Waals surface area contributed by atoms with Gasteiger partial charge in [0.1, 0.15) is 0 Å². The Hall–Kier alpha value is -2.05. The normalized spacial score (nSPS) is 11.0. The van der Waals surface area contributed by atoms with Gasteiger partial charge in [0.05, 0.1) is 16.5 Å². The van der Waals surface area contributed by atoms with Crippen LogP contribution in [0.1, 0.15) is 10.4 Å². The number of aromatic carboxylic acids is 1. The molecule has 0 aliphatic carbocycles. The molecule has 0 unspecified atom stereocenters. The minimum absolute atomic E-state index is 0.662. The van der Waals surface area contributed by atoms with Crippen LogP contribution in [0, 0.1) is 23.3 Å². The van der Waals surface area contributed by atoms with Crippen molar-refractivity contribution in [3.05, 3.63) is 35.0 Å². The molecule has 0 fully saturated rings. The first-order chi connectivity index (χ1) is 7.45. The fraction of sp³-hybridized carbons (Fsp3) is 0. The Bertz CT molecular complexity index is 605. The monoisotopic (exact) mass is 233 g/mol. The molecule has 1 heterocycles. The Balaban J connectivity index is 3.00. The maximum Gasteiger partial charge on any atom is 0.337 e. The van der Waals surface area contributed by atoms with Crippen LogP contribution in [0.3, 0.4) is 0 Å². The Kier molecular flexibility index (Phi) is 2.11. The highest BCUT2D eigenvalue weighted by Gasteiger charge is 2.25. The van der Waals surface area contributed by atoms with E-state index in [1.54, 1.807) is 0 Å². The Morgan fingerprint density at radius 1 is 1.06 bits per heavy atom. The molecular formula is C9H3F4NO2. The second-order valence-electron chi connectivity index (χ2n) is 3.01. The van der Waals surface area contributed by atoms with Crippen molar-refractivity contribution in [1.82, 2.24) is 4.98 Å². The van der Waals surface area contributed by atoms with Crippen molar-refractivity contribution in [2.45, 2.75) is 0 Å². The van der Waals surface area contributed by atoms with Crippen LogP contribution in [0.15, 0.2) is 6.20 Å². The van der Waals surface area contributed by atoms with Gasteiger partial charge < -0.3 is 10.1 Å². The summed E-state index contributed by atoms with van der Waals surface area (Å²) in [6.45, 7) is 0. The molecule has 2 aromatic rings. The second kappa shape index (κ2) is 3.22. The van der Waals surface area contributed by atoms with Crippen LogP contribution in [-0.4, -0.2) is 16.1 Å². The van der Waals surface area contributed by atoms with Crippen molar-refractivity contribution < 1.29 is 27.5 Å². The van der Waals surface area contributed by atoms with Crippen LogP contribution < -0.4 is 0 Å². The number of halogens is 4. The summed E-state index contributed by atoms with van der Waals surface area (Å²) in [6.07, 6.45) is 0.762. The van der Waals surface area contributed by atoms with E-state index in [9.17, 15) is 22.4 Å². The number of carboxylic acids is 1. The third-order valence-corrected chi connectivity index (χ3v) is 2.13. The van der Waals surface area contributed by atoms with Crippen molar-refractivity contribution in [1.29, 1.82) is 0 Å². The van der Waals surface area contributed by atoms with Gasteiger partial charge in [-0.05, 0) is 0 Å². The Morgan fingerprint density at radius 3 is 2.19 bits per heavy atom. The summed E-state index contributed by atoms with van der Waals surface area (Å²) >= 11 is 0. The fourth-order valence-electron chi connectivity index (χ4n) is 1.41. The first-order valence-corrected chi connectivity index (χ1v) is 4.01. The van der Waals surface area contributed by atoms with Gasteiger partial charge in [-0.3, -0.25) is 0 Å². The molecule has 0 bridgehead atoms. The average molecular weight is 233 g/mol. The number of nitrogens with one attached hydrogen (secondary N) is 1. The van der Waals surface area contributed by atoms with Gasteiger partial charge in [0.15, 0.2) is 23.3 Å². The standard InChI is InChI=1S/C9H3F4NO2/c10-4-3-2(9(15)16)1-14-8(3)7(13)6(12)5(4)11/h1,14H,(H,15,16). The van der Waals surface area contributed by atoms with Gasteiger partial charge in [0.2, 0.25) is 0 Å². The van der Waals surface area contributed by atoms with E-state index < -0.39 is 45.7 Å². The highest BCUT2D eigenvalue weighted by Crippen LogP contribution is 2.28. The van der Waals surface area contributed by atoms with Gasteiger partial charge >= 0.3 is 5.97 Å². The maximum absolute atomic E-state index is 13.2. The van der Waals surface area contributed by atoms with Gasteiger partial charge in [-0.15, -0.1) is 0 Å². The van der Waals surface area contributed by atoms with Gasteiger partial charge in [-0.1, -0.05) is 0 Å². The number of hydrogen-bond acceptors (Lipinski definition) is 1. The molecule has 2 N–H and O–H groups in total. The molecule has 0 saturated carbocycles. The van der Waals surface area contributed by atoms with E-state index in [0.29, 0.717) is 0 Å². The molecule has 0 aliphatic heterocycles. The summed E-state index contributed by atoms with van der Waals surface area (Å²) in [4.78, 5) is 12.7. The largest absolute Gasteiger partial charge is 0.478 e. The highest BCUT2D eigenvalue weighted by molar-refractivity contribution is 6.03. The summed E-state index contributed by atoms with van der Waals surface area (Å²) in [6, 6.07) is 0. The lowest BCUT2D eigenvalue weighted by Crippen LogP contribution is -2.00. The van der Waals surface area contributed by atoms with Gasteiger partial charge in [-0.2, -0.15) is 0 Å². The topological polar surface area (TPSA) is 53.1 Å². The van der Waals surface area contributed by atoms with E-state index in [1.807, 2.05) is 4.98 Å². The molecule has 16 heavy (non-hydrogen) atoms. The molecule has 0 amide bonds. The molecule has 0 saturated heterocycles. The molecule has 0 atom stereocenters. The van der Waals surface area contributed by atoms with Crippen LogP contribution in [0.4, 0.5) is 17.6 Å². The number of H-pyrrole nitrogens is 1. The molecule has 3 nitrogen and oxygen atoms in total. The van der Waals surface area contributed by atoms with E-state index in [-0.39, 0.29) is 0 Å². The van der Waals surface area contributed by atoms with Crippen LogP contribution in [-0.2, 0) is 0 Å². The van der Waals surface area contributed by atoms with Gasteiger partial charge in [0.25, 0.3) is 0 Å². The lowest BCUT2D eigenvalue weighted by Gasteiger charge is -2.00. The van der Waals surface area contributed by atoms with E-state index >= 15 is 0 Å². The molecule has 2 rings (SSSR count). The molecule has 84 valence electrons. The number of aromatic amines is 1. The highest BCUT2D eigenvalue weighted by atomic mass is 19.2. The molecule has 7 heteroatoms. The Labute approximate surface area is 85.3 Å². The zero-order valence-corrected chi connectivity index (χ0v) is 7.44. The summed E-state index contributed by atoms with van der Waals surface area (Å²) in [5, 5.41) is 7.81. The first kappa shape index (κ1) is 10.5. The SMILES string of the molecule is O=C(O)c1c[nH]c2c(F)c(F)c(F)c(F)c12. The van der Waals surface area contributed by atoms with Crippen molar-refractivity contribution in [2.75, 3.05) is 0 Å². The average Bonchev–Trinajstić information content (AvgIpc) is 2.67. The lowest BCUT2D eigenvalue weighted by atomic mass is 10.1. The number of aromatic nitrogens is 1. The number of rotatable bonds is 1. The predicted molar refractivity (Wildman–Crippen MR) is 45.1 cm³/mol. The number of carboxylic acid groups (broad SMARTS) is 1. The molecule has 1 aromatic carbocycles. The van der Waals surface area contributed by atoms with Crippen molar-refractivity contribution in [3.8, 4) is 0 Å². The summed E-state index contributed by atoms with van der Waals surface area (Å²) in [7, 11) is 0. The van der Waals surface area contributed by atoms with Crippen LogP contribution in [0.25, 0.3) is 10.9 Å². The van der Waals surface area contributed by atoms with E-state index in [1.165, 1.54) is 0 Å². The molecular weight excluding hydrogens is 230 g/mol. The predicted octanol–water partition coefficient (Wildman–Crippen LogP) is 2.42. The van der Waals surface area contributed by atoms with Crippen LogP contribution >= 0.6 is 0 Å². The second-order valence-corrected chi connectivity index (χ2v) is 3.01. The number of carbonyl (C=O) groups is 1. The van der Waals surface area contributed by atoms with Crippen molar-refractivity contribution in [3.63, 3.8) is 0 Å². The number of hydrogen-bond donors (Lipinski definition) is 2. The molecule has 1 aromatic heterocycles. The van der Waals surface area contributed by atoms with Gasteiger partial charge in [0, 0.05) is 6.20 Å². The third-order valence-electron chi connectivity index (χ3n) is 2.13. The van der Waals surface area contributed by atoms with E-state index in [0.717, 1.165) is 6.20 Å². The van der Waals surface area contributed by atoms with Crippen LogP contribution in [0.5, 0.6) is 0 Å². The zero-order valence-electron chi connectivity index (χ0n) is 7.44. The maximum atomic E-state index is 13.2. The number of benzene rings is 1. The third kappa shape index (κ3) is 1.17. The summed E-state index contributed by atoms with van der Waals surface area (Å²) < 4.78 is 52.0. The zero-order chi connectivity index (χ0) is 12.0. The summed E-state index contributed by atoms with van der Waals surface area (Å²) in [5.41, 5.74) is -1.38. The fourth-order valence-corrected chi connectivity index (χ4v) is 1.41. The van der Waals surface area contributed by atoms with Crippen LogP contribution in [0.2, 0.25) is 0 Å². The van der Waals surface area contributed by atoms with E-state index in [4.69, 9.17) is 5.11 Å².